The first-order chi connectivity index (χ1) is 9.16. The molecular weight excluding hydrogens is 234 g/mol. The van der Waals surface area contributed by atoms with Gasteiger partial charge >= 0.3 is 0 Å². The van der Waals surface area contributed by atoms with Crippen molar-refractivity contribution < 1.29 is 0 Å². The van der Waals surface area contributed by atoms with Crippen LogP contribution in [-0.4, -0.2) is 54.6 Å². The Kier molecular flexibility index (Phi) is 5.67. The smallest absolute Gasteiger partial charge is 0.0356 e. The Balaban J connectivity index is 1.92. The highest BCUT2D eigenvalue weighted by Crippen LogP contribution is 2.30. The van der Waals surface area contributed by atoms with Crippen molar-refractivity contribution in [1.82, 2.24) is 9.80 Å². The zero-order chi connectivity index (χ0) is 13.7. The van der Waals surface area contributed by atoms with E-state index in [-0.39, 0.29) is 0 Å². The van der Waals surface area contributed by atoms with Crippen molar-refractivity contribution in [2.75, 3.05) is 39.3 Å². The molecule has 0 bridgehead atoms. The maximum atomic E-state index is 6.21. The Bertz CT molecular complexity index is 249. The molecule has 3 nitrogen and oxygen atoms in total. The zero-order valence-corrected chi connectivity index (χ0v) is 13.0. The number of hydrogen-bond acceptors (Lipinski definition) is 3. The molecule has 0 unspecified atom stereocenters. The van der Waals surface area contributed by atoms with E-state index < -0.39 is 0 Å². The maximum absolute atomic E-state index is 6.21. The highest BCUT2D eigenvalue weighted by Gasteiger charge is 2.38. The molecule has 0 aromatic carbocycles. The summed E-state index contributed by atoms with van der Waals surface area (Å²) in [7, 11) is 0. The summed E-state index contributed by atoms with van der Waals surface area (Å²) in [5.41, 5.74) is 6.52. The van der Waals surface area contributed by atoms with Crippen molar-refractivity contribution in [2.45, 2.75) is 57.9 Å². The molecule has 2 heterocycles. The third-order valence-corrected chi connectivity index (χ3v) is 5.07. The second kappa shape index (κ2) is 7.05. The molecule has 0 aliphatic carbocycles. The van der Waals surface area contributed by atoms with Gasteiger partial charge in [-0.2, -0.15) is 0 Å². The molecule has 112 valence electrons. The lowest BCUT2D eigenvalue weighted by Crippen LogP contribution is -2.59. The van der Waals surface area contributed by atoms with Crippen molar-refractivity contribution in [3.63, 3.8) is 0 Å². The molecule has 3 heteroatoms. The second-order valence-corrected chi connectivity index (χ2v) is 7.02. The predicted octanol–water partition coefficient (Wildman–Crippen LogP) is 2.31. The molecule has 2 fully saturated rings. The third kappa shape index (κ3) is 3.93. The van der Waals surface area contributed by atoms with E-state index in [1.807, 2.05) is 0 Å². The Labute approximate surface area is 119 Å². The molecule has 2 N–H and O–H groups in total. The fourth-order valence-corrected chi connectivity index (χ4v) is 3.86. The number of nitrogens with zero attached hydrogens (tertiary/aromatic N) is 2. The van der Waals surface area contributed by atoms with E-state index in [9.17, 15) is 0 Å². The van der Waals surface area contributed by atoms with Gasteiger partial charge in [-0.15, -0.1) is 0 Å². The molecule has 2 saturated heterocycles. The minimum atomic E-state index is 0.317. The number of nitrogens with two attached hydrogens (primary N) is 1. The Morgan fingerprint density at radius 2 is 1.53 bits per heavy atom. The van der Waals surface area contributed by atoms with Gasteiger partial charge < -0.3 is 10.6 Å². The Hall–Kier alpha value is -0.120. The number of rotatable bonds is 4. The van der Waals surface area contributed by atoms with Gasteiger partial charge in [0.05, 0.1) is 0 Å². The highest BCUT2D eigenvalue weighted by atomic mass is 15.2. The molecule has 0 aromatic rings. The number of hydrogen-bond donors (Lipinski definition) is 1. The van der Waals surface area contributed by atoms with E-state index in [4.69, 9.17) is 5.73 Å². The quantitative estimate of drug-likeness (QED) is 0.848. The van der Waals surface area contributed by atoms with Gasteiger partial charge in [0.15, 0.2) is 0 Å². The summed E-state index contributed by atoms with van der Waals surface area (Å²) < 4.78 is 0. The predicted molar refractivity (Wildman–Crippen MR) is 82.3 cm³/mol. The molecule has 0 atom stereocenters. The fourth-order valence-electron chi connectivity index (χ4n) is 3.86. The van der Waals surface area contributed by atoms with Crippen LogP contribution in [0, 0.1) is 5.92 Å². The molecule has 2 rings (SSSR count). The summed E-state index contributed by atoms with van der Waals surface area (Å²) in [5.74, 6) is 0.781. The normalized spacial score (nSPS) is 26.5. The van der Waals surface area contributed by atoms with Gasteiger partial charge in [0.25, 0.3) is 0 Å². The van der Waals surface area contributed by atoms with E-state index in [0.717, 1.165) is 12.5 Å². The first kappa shape index (κ1) is 15.3. The lowest BCUT2D eigenvalue weighted by Gasteiger charge is -2.48. The second-order valence-electron chi connectivity index (χ2n) is 7.02. The van der Waals surface area contributed by atoms with E-state index in [2.05, 4.69) is 23.6 Å². The van der Waals surface area contributed by atoms with E-state index in [1.54, 1.807) is 0 Å². The van der Waals surface area contributed by atoms with Crippen LogP contribution in [0.15, 0.2) is 0 Å². The largest absolute Gasteiger partial charge is 0.329 e. The molecule has 19 heavy (non-hydrogen) atoms. The highest BCUT2D eigenvalue weighted by molar-refractivity contribution is 4.96. The van der Waals surface area contributed by atoms with Crippen LogP contribution in [0.5, 0.6) is 0 Å². The molecule has 0 amide bonds. The van der Waals surface area contributed by atoms with Crippen LogP contribution in [0.4, 0.5) is 0 Å². The van der Waals surface area contributed by atoms with E-state index in [0.29, 0.717) is 5.54 Å². The standard InChI is InChI=1S/C16H33N3/c1-15(2)13-18-11-7-16(14-17,8-12-18)19-9-5-3-4-6-10-19/h15H,3-14,17H2,1-2H3. The SMILES string of the molecule is CC(C)CN1CCC(CN)(N2CCCCCC2)CC1. The van der Waals surface area contributed by atoms with Gasteiger partial charge in [0.2, 0.25) is 0 Å². The summed E-state index contributed by atoms with van der Waals surface area (Å²) >= 11 is 0. The molecule has 2 aliphatic rings. The first-order valence-electron chi connectivity index (χ1n) is 8.34. The number of likely N-dealkylation sites (tertiary alicyclic amines) is 2. The van der Waals surface area contributed by atoms with Gasteiger partial charge in [0.1, 0.15) is 0 Å². The minimum absolute atomic E-state index is 0.317. The monoisotopic (exact) mass is 267 g/mol. The first-order valence-corrected chi connectivity index (χ1v) is 8.34. The van der Waals surface area contributed by atoms with Gasteiger partial charge in [0, 0.05) is 18.6 Å². The van der Waals surface area contributed by atoms with Gasteiger partial charge in [-0.3, -0.25) is 4.90 Å². The van der Waals surface area contributed by atoms with Crippen LogP contribution in [0.1, 0.15) is 52.4 Å². The van der Waals surface area contributed by atoms with Crippen molar-refractivity contribution >= 4 is 0 Å². The maximum Gasteiger partial charge on any atom is 0.0356 e. The number of piperidine rings is 1. The van der Waals surface area contributed by atoms with Crippen LogP contribution >= 0.6 is 0 Å². The van der Waals surface area contributed by atoms with Crippen molar-refractivity contribution in [2.24, 2.45) is 11.7 Å². The summed E-state index contributed by atoms with van der Waals surface area (Å²) in [6.45, 7) is 11.8. The fraction of sp³-hybridized carbons (Fsp3) is 1.00. The molecule has 0 aromatic heterocycles. The van der Waals surface area contributed by atoms with Crippen LogP contribution in [0.2, 0.25) is 0 Å². The molecule has 0 spiro atoms. The van der Waals surface area contributed by atoms with Gasteiger partial charge in [-0.05, 0) is 57.8 Å². The van der Waals surface area contributed by atoms with Gasteiger partial charge in [-0.25, -0.2) is 0 Å². The van der Waals surface area contributed by atoms with E-state index in [1.165, 1.54) is 71.2 Å². The lowest BCUT2D eigenvalue weighted by atomic mass is 9.85. The summed E-state index contributed by atoms with van der Waals surface area (Å²) in [4.78, 5) is 5.38. The van der Waals surface area contributed by atoms with Crippen LogP contribution in [0.25, 0.3) is 0 Å². The van der Waals surface area contributed by atoms with Crippen LogP contribution in [0.3, 0.4) is 0 Å². The molecule has 0 radical (unpaired) electrons. The minimum Gasteiger partial charge on any atom is -0.329 e. The molecule has 0 saturated carbocycles. The zero-order valence-electron chi connectivity index (χ0n) is 13.0. The summed E-state index contributed by atoms with van der Waals surface area (Å²) in [5, 5.41) is 0. The van der Waals surface area contributed by atoms with Crippen LogP contribution < -0.4 is 5.73 Å². The topological polar surface area (TPSA) is 32.5 Å². The average molecular weight is 267 g/mol. The molecular formula is C16H33N3. The van der Waals surface area contributed by atoms with Crippen molar-refractivity contribution in [3.8, 4) is 0 Å². The third-order valence-electron chi connectivity index (χ3n) is 5.07. The van der Waals surface area contributed by atoms with Crippen molar-refractivity contribution in [1.29, 1.82) is 0 Å². The molecule has 2 aliphatic heterocycles. The average Bonchev–Trinajstić information content (AvgIpc) is 2.69. The van der Waals surface area contributed by atoms with E-state index >= 15 is 0 Å². The summed E-state index contributed by atoms with van der Waals surface area (Å²) in [6.07, 6.45) is 8.12. The summed E-state index contributed by atoms with van der Waals surface area (Å²) in [6, 6.07) is 0. The van der Waals surface area contributed by atoms with Crippen molar-refractivity contribution in [3.05, 3.63) is 0 Å². The Morgan fingerprint density at radius 3 is 2.00 bits per heavy atom. The lowest BCUT2D eigenvalue weighted by molar-refractivity contribution is 0.0258. The Morgan fingerprint density at radius 1 is 0.947 bits per heavy atom. The van der Waals surface area contributed by atoms with Gasteiger partial charge in [-0.1, -0.05) is 26.7 Å². The van der Waals surface area contributed by atoms with Crippen LogP contribution in [-0.2, 0) is 0 Å².